The second-order valence-corrected chi connectivity index (χ2v) is 15.7. The summed E-state index contributed by atoms with van der Waals surface area (Å²) in [5.74, 6) is 0. The minimum atomic E-state index is 1.22. The molecule has 4 aromatic heterocycles. The zero-order chi connectivity index (χ0) is 37.4. The molecule has 4 nitrogen and oxygen atoms in total. The molecule has 0 atom stereocenters. The molecule has 0 aliphatic rings. The van der Waals surface area contributed by atoms with Crippen LogP contribution in [0.4, 0.5) is 0 Å². The Morgan fingerprint density at radius 1 is 0.214 bits per heavy atom. The summed E-state index contributed by atoms with van der Waals surface area (Å²) in [6.45, 7) is 0. The van der Waals surface area contributed by atoms with E-state index in [0.717, 1.165) is 0 Å². The maximum absolute atomic E-state index is 2.38. The molecule has 0 amide bonds. The Morgan fingerprint density at radius 2 is 0.464 bits per heavy atom. The smallest absolute Gasteiger partial charge is 0.0496 e. The van der Waals surface area contributed by atoms with Gasteiger partial charge in [0.15, 0.2) is 0 Å². The first-order chi connectivity index (χ1) is 27.4. The number of aromatic nitrogens is 4. The van der Waals surface area contributed by atoms with Crippen LogP contribution < -0.4 is 0 Å². The molecule has 0 unspecified atom stereocenters. The normalized spacial score (nSPS) is 12.3. The van der Waals surface area contributed by atoms with E-state index in [4.69, 9.17) is 0 Å². The average molecular weight is 719 g/mol. The van der Waals surface area contributed by atoms with Gasteiger partial charge in [-0.2, -0.15) is 0 Å². The van der Waals surface area contributed by atoms with Crippen molar-refractivity contribution in [3.05, 3.63) is 158 Å². The first-order valence-corrected chi connectivity index (χ1v) is 19.4. The van der Waals surface area contributed by atoms with Crippen molar-refractivity contribution in [3.8, 4) is 33.4 Å². The molecule has 4 heteroatoms. The molecule has 0 saturated heterocycles. The predicted octanol–water partition coefficient (Wildman–Crippen LogP) is 13.3. The molecule has 8 aromatic carbocycles. The highest BCUT2D eigenvalue weighted by Crippen LogP contribution is 2.40. The third-order valence-electron chi connectivity index (χ3n) is 12.9. The molecule has 0 aliphatic heterocycles. The molecule has 0 fully saturated rings. The van der Waals surface area contributed by atoms with Gasteiger partial charge in [-0.3, -0.25) is 0 Å². The van der Waals surface area contributed by atoms with Gasteiger partial charge in [0.25, 0.3) is 0 Å². The van der Waals surface area contributed by atoms with Gasteiger partial charge in [-0.05, 0) is 94.0 Å². The number of aryl methyl sites for hydroxylation is 4. The van der Waals surface area contributed by atoms with Crippen molar-refractivity contribution >= 4 is 87.2 Å². The van der Waals surface area contributed by atoms with Crippen LogP contribution in [0.1, 0.15) is 0 Å². The van der Waals surface area contributed by atoms with Gasteiger partial charge in [-0.25, -0.2) is 0 Å². The Hall–Kier alpha value is -7.04. The van der Waals surface area contributed by atoms with Gasteiger partial charge in [0, 0.05) is 115 Å². The molecule has 0 bridgehead atoms. The molecular weight excluding hydrogens is 681 g/mol. The highest BCUT2D eigenvalue weighted by atomic mass is 15.0. The van der Waals surface area contributed by atoms with Gasteiger partial charge < -0.3 is 18.3 Å². The second-order valence-electron chi connectivity index (χ2n) is 15.7. The third kappa shape index (κ3) is 4.24. The van der Waals surface area contributed by atoms with Crippen molar-refractivity contribution in [3.63, 3.8) is 0 Å². The fourth-order valence-electron chi connectivity index (χ4n) is 9.79. The Morgan fingerprint density at radius 3 is 0.821 bits per heavy atom. The molecule has 266 valence electrons. The van der Waals surface area contributed by atoms with Crippen LogP contribution in [0.15, 0.2) is 158 Å². The van der Waals surface area contributed by atoms with Gasteiger partial charge in [-0.15, -0.1) is 0 Å². The third-order valence-corrected chi connectivity index (χ3v) is 12.9. The largest absolute Gasteiger partial charge is 0.344 e. The van der Waals surface area contributed by atoms with Crippen LogP contribution in [0.25, 0.3) is 121 Å². The van der Waals surface area contributed by atoms with Crippen LogP contribution in [-0.2, 0) is 28.2 Å². The van der Waals surface area contributed by atoms with Crippen LogP contribution in [0.5, 0.6) is 0 Å². The Balaban J connectivity index is 0.874. The highest BCUT2D eigenvalue weighted by molar-refractivity contribution is 6.19. The molecule has 0 radical (unpaired) electrons. The zero-order valence-electron chi connectivity index (χ0n) is 31.8. The van der Waals surface area contributed by atoms with E-state index >= 15 is 0 Å². The molecule has 0 spiro atoms. The number of rotatable bonds is 3. The Labute approximate surface area is 323 Å². The summed E-state index contributed by atoms with van der Waals surface area (Å²) in [4.78, 5) is 0. The van der Waals surface area contributed by atoms with E-state index in [9.17, 15) is 0 Å². The number of para-hydroxylation sites is 2. The quantitative estimate of drug-likeness (QED) is 0.173. The molecule has 0 aliphatic carbocycles. The van der Waals surface area contributed by atoms with E-state index in [1.54, 1.807) is 0 Å². The lowest BCUT2D eigenvalue weighted by atomic mass is 9.97. The molecule has 0 saturated carbocycles. The van der Waals surface area contributed by atoms with Crippen molar-refractivity contribution in [1.82, 2.24) is 18.3 Å². The van der Waals surface area contributed by atoms with E-state index in [1.165, 1.54) is 121 Å². The van der Waals surface area contributed by atoms with Gasteiger partial charge in [0.05, 0.1) is 0 Å². The summed E-state index contributed by atoms with van der Waals surface area (Å²) in [5, 5.41) is 10.4. The van der Waals surface area contributed by atoms with E-state index in [2.05, 4.69) is 204 Å². The average Bonchev–Trinajstić information content (AvgIpc) is 3.90. The molecule has 56 heavy (non-hydrogen) atoms. The first-order valence-electron chi connectivity index (χ1n) is 19.4. The molecule has 0 N–H and O–H groups in total. The maximum atomic E-state index is 2.38. The van der Waals surface area contributed by atoms with Crippen molar-refractivity contribution < 1.29 is 0 Å². The van der Waals surface area contributed by atoms with E-state index < -0.39 is 0 Å². The topological polar surface area (TPSA) is 19.7 Å². The van der Waals surface area contributed by atoms with Crippen LogP contribution in [0, 0.1) is 0 Å². The fraction of sp³-hybridized carbons (Fsp3) is 0.0769. The molecular formula is C52H38N4. The molecule has 4 heterocycles. The summed E-state index contributed by atoms with van der Waals surface area (Å²) in [7, 11) is 8.73. The van der Waals surface area contributed by atoms with Crippen LogP contribution in [-0.4, -0.2) is 18.3 Å². The minimum Gasteiger partial charge on any atom is -0.344 e. The second kappa shape index (κ2) is 11.2. The first kappa shape index (κ1) is 31.3. The Kier molecular flexibility index (Phi) is 6.29. The number of benzene rings is 8. The fourth-order valence-corrected chi connectivity index (χ4v) is 9.79. The standard InChI is InChI=1S/C52H38N4/c1-53-45-11-7-5-9-37(45)41-27-51-43(29-49(41)53)39-25-35(21-23-47(39)55(51)3)33-17-13-31(14-18-33)32-15-19-34(20-16-32)36-22-24-48-40(26-36)44-30-50-42(28-52(44)56(48)4)38-10-6-8-12-46(38)54(50)2/h5-30H,1-4H3. The lowest BCUT2D eigenvalue weighted by molar-refractivity contribution is 1.01. The maximum Gasteiger partial charge on any atom is 0.0496 e. The van der Waals surface area contributed by atoms with E-state index in [1.807, 2.05) is 0 Å². The lowest BCUT2D eigenvalue weighted by Gasteiger charge is -2.08. The van der Waals surface area contributed by atoms with E-state index in [0.29, 0.717) is 0 Å². The zero-order valence-corrected chi connectivity index (χ0v) is 31.8. The van der Waals surface area contributed by atoms with Gasteiger partial charge in [-0.1, -0.05) is 97.1 Å². The summed E-state index contributed by atoms with van der Waals surface area (Å²) in [5.41, 5.74) is 17.4. The van der Waals surface area contributed by atoms with Crippen molar-refractivity contribution in [2.24, 2.45) is 28.2 Å². The summed E-state index contributed by atoms with van der Waals surface area (Å²) in [6, 6.07) is 58.8. The lowest BCUT2D eigenvalue weighted by Crippen LogP contribution is -1.88. The summed E-state index contributed by atoms with van der Waals surface area (Å²) in [6.07, 6.45) is 0. The van der Waals surface area contributed by atoms with Crippen LogP contribution >= 0.6 is 0 Å². The predicted molar refractivity (Wildman–Crippen MR) is 239 cm³/mol. The van der Waals surface area contributed by atoms with Gasteiger partial charge in [0.1, 0.15) is 0 Å². The van der Waals surface area contributed by atoms with Crippen LogP contribution in [0.2, 0.25) is 0 Å². The number of hydrogen-bond acceptors (Lipinski definition) is 0. The van der Waals surface area contributed by atoms with Crippen molar-refractivity contribution in [1.29, 1.82) is 0 Å². The summed E-state index contributed by atoms with van der Waals surface area (Å²) >= 11 is 0. The Bertz CT molecular complexity index is 3360. The minimum absolute atomic E-state index is 1.22. The van der Waals surface area contributed by atoms with Crippen molar-refractivity contribution in [2.45, 2.75) is 0 Å². The van der Waals surface area contributed by atoms with Crippen molar-refractivity contribution in [2.75, 3.05) is 0 Å². The van der Waals surface area contributed by atoms with Gasteiger partial charge in [0.2, 0.25) is 0 Å². The number of hydrogen-bond donors (Lipinski definition) is 0. The molecule has 12 rings (SSSR count). The van der Waals surface area contributed by atoms with Crippen LogP contribution in [0.3, 0.4) is 0 Å². The highest BCUT2D eigenvalue weighted by Gasteiger charge is 2.17. The monoisotopic (exact) mass is 718 g/mol. The van der Waals surface area contributed by atoms with Gasteiger partial charge >= 0.3 is 0 Å². The SMILES string of the molecule is Cn1c2ccccc2c2cc3c(cc21)c1cc(-c2ccc(-c4ccc(-c5ccc6c(c5)c5cc7c(cc5n6C)c5ccccc5n7C)cc4)cc2)ccc1n3C. The molecule has 12 aromatic rings. The van der Waals surface area contributed by atoms with E-state index in [-0.39, 0.29) is 0 Å². The number of nitrogens with zero attached hydrogens (tertiary/aromatic N) is 4. The number of fused-ring (bicyclic) bond motifs is 12. The summed E-state index contributed by atoms with van der Waals surface area (Å²) < 4.78 is 9.33.